The van der Waals surface area contributed by atoms with Crippen molar-refractivity contribution in [2.75, 3.05) is 5.32 Å². The molecule has 0 amide bonds. The monoisotopic (exact) mass is 245 g/mol. The van der Waals surface area contributed by atoms with Crippen LogP contribution in [0.1, 0.15) is 27.2 Å². The molecule has 4 heteroatoms. The quantitative estimate of drug-likeness (QED) is 0.868. The Bertz CT molecular complexity index is 572. The molecule has 0 atom stereocenters. The number of nitrogens with one attached hydrogen (secondary N) is 1. The SMILES string of the molecule is Cc1ccc(C(=O)O)cc1NCc1occc1C. The van der Waals surface area contributed by atoms with E-state index < -0.39 is 5.97 Å². The molecule has 0 saturated heterocycles. The molecule has 18 heavy (non-hydrogen) atoms. The highest BCUT2D eigenvalue weighted by molar-refractivity contribution is 5.89. The number of carboxylic acids is 1. The molecule has 0 saturated carbocycles. The lowest BCUT2D eigenvalue weighted by atomic mass is 10.1. The molecule has 0 unspecified atom stereocenters. The largest absolute Gasteiger partial charge is 0.478 e. The summed E-state index contributed by atoms with van der Waals surface area (Å²) in [6.07, 6.45) is 1.65. The summed E-state index contributed by atoms with van der Waals surface area (Å²) in [5.41, 5.74) is 3.17. The summed E-state index contributed by atoms with van der Waals surface area (Å²) in [7, 11) is 0. The molecular weight excluding hydrogens is 230 g/mol. The number of furan rings is 1. The van der Waals surface area contributed by atoms with Gasteiger partial charge in [0.15, 0.2) is 0 Å². The van der Waals surface area contributed by atoms with E-state index >= 15 is 0 Å². The number of hydrogen-bond donors (Lipinski definition) is 2. The summed E-state index contributed by atoms with van der Waals surface area (Å²) in [5, 5.41) is 12.1. The van der Waals surface area contributed by atoms with Gasteiger partial charge in [0.05, 0.1) is 18.4 Å². The first-order chi connectivity index (χ1) is 8.58. The number of carboxylic acid groups (broad SMARTS) is 1. The number of rotatable bonds is 4. The molecule has 2 N–H and O–H groups in total. The van der Waals surface area contributed by atoms with Crippen molar-refractivity contribution in [3.8, 4) is 0 Å². The van der Waals surface area contributed by atoms with Crippen LogP contribution in [-0.2, 0) is 6.54 Å². The van der Waals surface area contributed by atoms with E-state index in [1.807, 2.05) is 19.9 Å². The van der Waals surface area contributed by atoms with Gasteiger partial charge in [-0.1, -0.05) is 6.07 Å². The molecule has 0 fully saturated rings. The molecule has 0 spiro atoms. The Balaban J connectivity index is 2.16. The topological polar surface area (TPSA) is 62.5 Å². The minimum Gasteiger partial charge on any atom is -0.478 e. The van der Waals surface area contributed by atoms with Crippen LogP contribution < -0.4 is 5.32 Å². The van der Waals surface area contributed by atoms with E-state index in [1.165, 1.54) is 0 Å². The van der Waals surface area contributed by atoms with E-state index in [0.717, 1.165) is 22.6 Å². The fraction of sp³-hybridized carbons (Fsp3) is 0.214. The predicted octanol–water partition coefficient (Wildman–Crippen LogP) is 3.21. The van der Waals surface area contributed by atoms with Crippen LogP contribution in [-0.4, -0.2) is 11.1 Å². The van der Waals surface area contributed by atoms with Crippen molar-refractivity contribution >= 4 is 11.7 Å². The van der Waals surface area contributed by atoms with Gasteiger partial charge in [0.25, 0.3) is 0 Å². The third-order valence-electron chi connectivity index (χ3n) is 2.89. The summed E-state index contributed by atoms with van der Waals surface area (Å²) in [6, 6.07) is 6.93. The Kier molecular flexibility index (Phi) is 3.37. The number of hydrogen-bond acceptors (Lipinski definition) is 3. The van der Waals surface area contributed by atoms with Crippen molar-refractivity contribution in [3.63, 3.8) is 0 Å². The second-order valence-corrected chi connectivity index (χ2v) is 4.22. The Labute approximate surface area is 105 Å². The lowest BCUT2D eigenvalue weighted by molar-refractivity contribution is 0.0697. The van der Waals surface area contributed by atoms with Gasteiger partial charge in [-0.25, -0.2) is 4.79 Å². The van der Waals surface area contributed by atoms with Crippen LogP contribution >= 0.6 is 0 Å². The van der Waals surface area contributed by atoms with Gasteiger partial charge in [-0.05, 0) is 43.2 Å². The smallest absolute Gasteiger partial charge is 0.335 e. The fourth-order valence-corrected chi connectivity index (χ4v) is 1.71. The van der Waals surface area contributed by atoms with Gasteiger partial charge >= 0.3 is 5.97 Å². The molecular formula is C14H15NO3. The van der Waals surface area contributed by atoms with Gasteiger partial charge in [-0.15, -0.1) is 0 Å². The highest BCUT2D eigenvalue weighted by atomic mass is 16.4. The van der Waals surface area contributed by atoms with Crippen LogP contribution in [0.3, 0.4) is 0 Å². The zero-order valence-electron chi connectivity index (χ0n) is 10.4. The highest BCUT2D eigenvalue weighted by Gasteiger charge is 2.07. The third-order valence-corrected chi connectivity index (χ3v) is 2.89. The molecule has 2 aromatic rings. The fourth-order valence-electron chi connectivity index (χ4n) is 1.71. The average molecular weight is 245 g/mol. The van der Waals surface area contributed by atoms with Gasteiger partial charge < -0.3 is 14.8 Å². The van der Waals surface area contributed by atoms with Crippen molar-refractivity contribution in [1.82, 2.24) is 0 Å². The zero-order chi connectivity index (χ0) is 13.1. The molecule has 0 radical (unpaired) electrons. The zero-order valence-corrected chi connectivity index (χ0v) is 10.4. The van der Waals surface area contributed by atoms with Crippen LogP contribution in [0.5, 0.6) is 0 Å². The number of aromatic carboxylic acids is 1. The summed E-state index contributed by atoms with van der Waals surface area (Å²) in [6.45, 7) is 4.45. The Hall–Kier alpha value is -2.23. The second-order valence-electron chi connectivity index (χ2n) is 4.22. The van der Waals surface area contributed by atoms with E-state index in [-0.39, 0.29) is 5.56 Å². The van der Waals surface area contributed by atoms with Crippen molar-refractivity contribution in [2.24, 2.45) is 0 Å². The van der Waals surface area contributed by atoms with Gasteiger partial charge in [0.2, 0.25) is 0 Å². The van der Waals surface area contributed by atoms with Crippen molar-refractivity contribution in [3.05, 3.63) is 53.0 Å². The van der Waals surface area contributed by atoms with Gasteiger partial charge in [-0.3, -0.25) is 0 Å². The van der Waals surface area contributed by atoms with Crippen LogP contribution in [0.2, 0.25) is 0 Å². The normalized spacial score (nSPS) is 10.3. The number of anilines is 1. The molecule has 0 aliphatic carbocycles. The molecule has 0 aliphatic heterocycles. The molecule has 94 valence electrons. The predicted molar refractivity (Wildman–Crippen MR) is 68.9 cm³/mol. The van der Waals surface area contributed by atoms with Crippen LogP contribution in [0, 0.1) is 13.8 Å². The van der Waals surface area contributed by atoms with Crippen molar-refractivity contribution < 1.29 is 14.3 Å². The summed E-state index contributed by atoms with van der Waals surface area (Å²) in [5.74, 6) is -0.0673. The first-order valence-corrected chi connectivity index (χ1v) is 5.68. The highest BCUT2D eigenvalue weighted by Crippen LogP contribution is 2.19. The first kappa shape index (κ1) is 12.2. The van der Waals surface area contributed by atoms with E-state index in [1.54, 1.807) is 24.5 Å². The van der Waals surface area contributed by atoms with Gasteiger partial charge in [0.1, 0.15) is 5.76 Å². The number of aryl methyl sites for hydroxylation is 2. The molecule has 1 aromatic heterocycles. The van der Waals surface area contributed by atoms with E-state index in [0.29, 0.717) is 6.54 Å². The first-order valence-electron chi connectivity index (χ1n) is 5.68. The van der Waals surface area contributed by atoms with E-state index in [2.05, 4.69) is 5.32 Å². The molecule has 0 aliphatic rings. The van der Waals surface area contributed by atoms with Gasteiger partial charge in [-0.2, -0.15) is 0 Å². The van der Waals surface area contributed by atoms with Gasteiger partial charge in [0, 0.05) is 5.69 Å². The Morgan fingerprint density at radius 1 is 1.28 bits per heavy atom. The second kappa shape index (κ2) is 4.96. The maximum Gasteiger partial charge on any atom is 0.335 e. The maximum atomic E-state index is 10.9. The lowest BCUT2D eigenvalue weighted by Crippen LogP contribution is -2.04. The third kappa shape index (κ3) is 2.53. The number of benzene rings is 1. The summed E-state index contributed by atoms with van der Waals surface area (Å²) < 4.78 is 5.32. The number of carbonyl (C=O) groups is 1. The molecule has 2 rings (SSSR count). The molecule has 0 bridgehead atoms. The van der Waals surface area contributed by atoms with Crippen molar-refractivity contribution in [1.29, 1.82) is 0 Å². The standard InChI is InChI=1S/C14H15NO3/c1-9-3-4-11(14(16)17)7-12(9)15-8-13-10(2)5-6-18-13/h3-7,15H,8H2,1-2H3,(H,16,17). The molecule has 1 heterocycles. The van der Waals surface area contributed by atoms with E-state index in [9.17, 15) is 4.79 Å². The molecule has 1 aromatic carbocycles. The summed E-state index contributed by atoms with van der Waals surface area (Å²) >= 11 is 0. The van der Waals surface area contributed by atoms with E-state index in [4.69, 9.17) is 9.52 Å². The van der Waals surface area contributed by atoms with Crippen LogP contribution in [0.25, 0.3) is 0 Å². The summed E-state index contributed by atoms with van der Waals surface area (Å²) in [4.78, 5) is 10.9. The Morgan fingerprint density at radius 3 is 2.67 bits per heavy atom. The van der Waals surface area contributed by atoms with Crippen LogP contribution in [0.15, 0.2) is 34.9 Å². The van der Waals surface area contributed by atoms with Crippen LogP contribution in [0.4, 0.5) is 5.69 Å². The Morgan fingerprint density at radius 2 is 2.06 bits per heavy atom. The van der Waals surface area contributed by atoms with Crippen molar-refractivity contribution in [2.45, 2.75) is 20.4 Å². The minimum atomic E-state index is -0.924. The average Bonchev–Trinajstić information content (AvgIpc) is 2.73. The molecule has 4 nitrogen and oxygen atoms in total. The lowest BCUT2D eigenvalue weighted by Gasteiger charge is -2.09. The maximum absolute atomic E-state index is 10.9. The minimum absolute atomic E-state index is 0.277.